The fraction of sp³-hybridized carbons (Fsp3) is 0.550. The molecule has 0 atom stereocenters. The lowest BCUT2D eigenvalue weighted by molar-refractivity contribution is -0.140. The quantitative estimate of drug-likeness (QED) is 0.426. The first-order valence-electron chi connectivity index (χ1n) is 9.71. The summed E-state index contributed by atoms with van der Waals surface area (Å²) in [5.41, 5.74) is 0.919. The van der Waals surface area contributed by atoms with Gasteiger partial charge in [0.15, 0.2) is 4.34 Å². The highest BCUT2D eigenvalue weighted by atomic mass is 35.5. The second-order valence-electron chi connectivity index (χ2n) is 8.56. The molecule has 148 valence electrons. The highest BCUT2D eigenvalue weighted by Gasteiger charge is 2.54. The number of aromatic nitrogens is 2. The SMILES string of the molecule is O=C(Nc1nnc(SCc2ccc(Cl)c(Cl)c2)s1)C12CC3CC(CC(C3)C1)C2. The molecule has 1 heterocycles. The third kappa shape index (κ3) is 3.69. The molecule has 1 amide bonds. The molecule has 4 nitrogen and oxygen atoms in total. The van der Waals surface area contributed by atoms with E-state index in [1.54, 1.807) is 17.8 Å². The molecule has 8 heteroatoms. The Kier molecular flexibility index (Phi) is 5.10. The second-order valence-corrected chi connectivity index (χ2v) is 11.6. The van der Waals surface area contributed by atoms with Crippen molar-refractivity contribution in [2.75, 3.05) is 5.32 Å². The van der Waals surface area contributed by atoms with E-state index in [4.69, 9.17) is 23.2 Å². The van der Waals surface area contributed by atoms with Crippen molar-refractivity contribution >= 4 is 57.3 Å². The molecule has 6 rings (SSSR count). The summed E-state index contributed by atoms with van der Waals surface area (Å²) in [6.45, 7) is 0. The van der Waals surface area contributed by atoms with Crippen LogP contribution in [0.2, 0.25) is 10.0 Å². The Morgan fingerprint density at radius 1 is 1.11 bits per heavy atom. The van der Waals surface area contributed by atoms with Crippen LogP contribution in [0.4, 0.5) is 5.13 Å². The smallest absolute Gasteiger partial charge is 0.232 e. The van der Waals surface area contributed by atoms with Gasteiger partial charge in [-0.3, -0.25) is 4.79 Å². The Balaban J connectivity index is 1.22. The summed E-state index contributed by atoms with van der Waals surface area (Å²) in [5.74, 6) is 3.16. The lowest BCUT2D eigenvalue weighted by Crippen LogP contribution is -2.51. The number of rotatable bonds is 5. The first kappa shape index (κ1) is 19.2. The molecule has 28 heavy (non-hydrogen) atoms. The van der Waals surface area contributed by atoms with Crippen LogP contribution in [0, 0.1) is 23.2 Å². The molecular formula is C20H21Cl2N3OS2. The number of carbonyl (C=O) groups excluding carboxylic acids is 1. The van der Waals surface area contributed by atoms with Crippen LogP contribution in [0.1, 0.15) is 44.1 Å². The molecule has 1 aromatic carbocycles. The zero-order valence-corrected chi connectivity index (χ0v) is 18.4. The minimum Gasteiger partial charge on any atom is -0.300 e. The molecule has 4 bridgehead atoms. The zero-order valence-electron chi connectivity index (χ0n) is 15.3. The molecular weight excluding hydrogens is 433 g/mol. The monoisotopic (exact) mass is 453 g/mol. The lowest BCUT2D eigenvalue weighted by Gasteiger charge is -2.55. The van der Waals surface area contributed by atoms with Crippen molar-refractivity contribution in [3.05, 3.63) is 33.8 Å². The highest BCUT2D eigenvalue weighted by molar-refractivity contribution is 8.00. The molecule has 4 aliphatic carbocycles. The van der Waals surface area contributed by atoms with E-state index in [0.29, 0.717) is 15.2 Å². The summed E-state index contributed by atoms with van der Waals surface area (Å²) in [5, 5.41) is 13.2. The molecule has 4 aliphatic rings. The van der Waals surface area contributed by atoms with Gasteiger partial charge in [0, 0.05) is 5.75 Å². The number of hydrogen-bond donors (Lipinski definition) is 1. The van der Waals surface area contributed by atoms with Crippen LogP contribution < -0.4 is 5.32 Å². The lowest BCUT2D eigenvalue weighted by atomic mass is 9.49. The number of carbonyl (C=O) groups is 1. The van der Waals surface area contributed by atoms with Crippen molar-refractivity contribution in [1.82, 2.24) is 10.2 Å². The molecule has 0 unspecified atom stereocenters. The predicted molar refractivity (Wildman–Crippen MR) is 115 cm³/mol. The Morgan fingerprint density at radius 2 is 1.79 bits per heavy atom. The van der Waals surface area contributed by atoms with Crippen LogP contribution in [0.15, 0.2) is 22.5 Å². The number of amides is 1. The van der Waals surface area contributed by atoms with Gasteiger partial charge in [-0.1, -0.05) is 52.4 Å². The van der Waals surface area contributed by atoms with E-state index >= 15 is 0 Å². The minimum absolute atomic E-state index is 0.159. The van der Waals surface area contributed by atoms with Crippen molar-refractivity contribution in [1.29, 1.82) is 0 Å². The van der Waals surface area contributed by atoms with Crippen molar-refractivity contribution in [2.24, 2.45) is 23.2 Å². The Bertz CT molecular complexity index is 881. The molecule has 0 radical (unpaired) electrons. The zero-order chi connectivity index (χ0) is 19.3. The number of halogens is 2. The molecule has 1 aromatic heterocycles. The normalized spacial score (nSPS) is 30.6. The molecule has 0 saturated heterocycles. The van der Waals surface area contributed by atoms with Crippen LogP contribution in [-0.2, 0) is 10.5 Å². The fourth-order valence-corrected chi connectivity index (χ4v) is 7.72. The highest BCUT2D eigenvalue weighted by Crippen LogP contribution is 2.60. The van der Waals surface area contributed by atoms with Crippen LogP contribution in [-0.4, -0.2) is 16.1 Å². The topological polar surface area (TPSA) is 54.9 Å². The largest absolute Gasteiger partial charge is 0.300 e. The van der Waals surface area contributed by atoms with Crippen LogP contribution in [0.25, 0.3) is 0 Å². The van der Waals surface area contributed by atoms with Crippen molar-refractivity contribution < 1.29 is 4.79 Å². The first-order valence-corrected chi connectivity index (χ1v) is 12.3. The van der Waals surface area contributed by atoms with Crippen LogP contribution >= 0.6 is 46.3 Å². The Labute approximate surface area is 182 Å². The average molecular weight is 454 g/mol. The van der Waals surface area contributed by atoms with Gasteiger partial charge >= 0.3 is 0 Å². The molecule has 0 aliphatic heterocycles. The third-order valence-corrected chi connectivity index (χ3v) is 9.28. The van der Waals surface area contributed by atoms with Gasteiger partial charge in [0.05, 0.1) is 15.5 Å². The van der Waals surface area contributed by atoms with Gasteiger partial charge in [0.25, 0.3) is 0 Å². The van der Waals surface area contributed by atoms with Gasteiger partial charge in [-0.05, 0) is 74.0 Å². The molecule has 4 fully saturated rings. The van der Waals surface area contributed by atoms with Crippen molar-refractivity contribution in [3.8, 4) is 0 Å². The summed E-state index contributed by atoms with van der Waals surface area (Å²) in [4.78, 5) is 13.1. The number of anilines is 1. The van der Waals surface area contributed by atoms with Gasteiger partial charge in [-0.15, -0.1) is 10.2 Å². The fourth-order valence-electron chi connectivity index (χ4n) is 5.71. The summed E-state index contributed by atoms with van der Waals surface area (Å²) < 4.78 is 0.840. The van der Waals surface area contributed by atoms with Crippen LogP contribution in [0.3, 0.4) is 0 Å². The van der Waals surface area contributed by atoms with Gasteiger partial charge in [0.2, 0.25) is 11.0 Å². The van der Waals surface area contributed by atoms with E-state index in [1.165, 1.54) is 30.6 Å². The maximum Gasteiger partial charge on any atom is 0.232 e. The van der Waals surface area contributed by atoms with E-state index in [2.05, 4.69) is 15.5 Å². The predicted octanol–water partition coefficient (Wildman–Crippen LogP) is 6.29. The Hall–Kier alpha value is -0.820. The summed E-state index contributed by atoms with van der Waals surface area (Å²) in [6, 6.07) is 5.63. The Morgan fingerprint density at radius 3 is 2.43 bits per heavy atom. The number of hydrogen-bond acceptors (Lipinski definition) is 5. The van der Waals surface area contributed by atoms with E-state index in [1.807, 2.05) is 12.1 Å². The van der Waals surface area contributed by atoms with E-state index in [0.717, 1.165) is 52.7 Å². The molecule has 1 N–H and O–H groups in total. The second kappa shape index (κ2) is 7.46. The van der Waals surface area contributed by atoms with Gasteiger partial charge in [0.1, 0.15) is 0 Å². The maximum absolute atomic E-state index is 13.1. The minimum atomic E-state index is -0.159. The van der Waals surface area contributed by atoms with Crippen LogP contribution in [0.5, 0.6) is 0 Å². The number of nitrogens with zero attached hydrogens (tertiary/aromatic N) is 2. The molecule has 2 aromatic rings. The number of benzene rings is 1. The average Bonchev–Trinajstić information content (AvgIpc) is 3.09. The number of nitrogens with one attached hydrogen (secondary N) is 1. The van der Waals surface area contributed by atoms with Gasteiger partial charge in [-0.2, -0.15) is 0 Å². The summed E-state index contributed by atoms with van der Waals surface area (Å²) in [7, 11) is 0. The van der Waals surface area contributed by atoms with E-state index in [9.17, 15) is 4.79 Å². The molecule has 0 spiro atoms. The van der Waals surface area contributed by atoms with E-state index in [-0.39, 0.29) is 11.3 Å². The van der Waals surface area contributed by atoms with Crippen molar-refractivity contribution in [3.63, 3.8) is 0 Å². The maximum atomic E-state index is 13.1. The summed E-state index contributed by atoms with van der Waals surface area (Å²) >= 11 is 15.1. The van der Waals surface area contributed by atoms with Gasteiger partial charge in [-0.25, -0.2) is 0 Å². The van der Waals surface area contributed by atoms with E-state index < -0.39 is 0 Å². The number of thioether (sulfide) groups is 1. The molecule has 4 saturated carbocycles. The summed E-state index contributed by atoms with van der Waals surface area (Å²) in [6.07, 6.45) is 7.18. The standard InChI is InChI=1S/C20H21Cl2N3OS2/c21-15-2-1-11(6-16(15)22)10-27-19-25-24-18(28-19)23-17(26)20-7-12-3-13(8-20)5-14(4-12)9-20/h1-2,6,12-14H,3-5,7-10H2,(H,23,24,26). The first-order chi connectivity index (χ1) is 13.5. The third-order valence-electron chi connectivity index (χ3n) is 6.49. The van der Waals surface area contributed by atoms with Crippen molar-refractivity contribution in [2.45, 2.75) is 48.6 Å². The van der Waals surface area contributed by atoms with Gasteiger partial charge < -0.3 is 5.32 Å².